The molecule has 0 atom stereocenters. The van der Waals surface area contributed by atoms with Crippen molar-refractivity contribution in [1.82, 2.24) is 25.4 Å². The Morgan fingerprint density at radius 2 is 2.04 bits per heavy atom. The van der Waals surface area contributed by atoms with E-state index in [-0.39, 0.29) is 5.91 Å². The molecule has 1 aliphatic carbocycles. The topological polar surface area (TPSA) is 83.1 Å². The Kier molecular flexibility index (Phi) is 4.54. The lowest BCUT2D eigenvalue weighted by atomic mass is 10.0. The van der Waals surface area contributed by atoms with Gasteiger partial charge in [-0.05, 0) is 42.2 Å². The van der Waals surface area contributed by atoms with Gasteiger partial charge >= 0.3 is 0 Å². The molecule has 1 aromatic carbocycles. The van der Waals surface area contributed by atoms with E-state index in [1.807, 2.05) is 30.6 Å². The van der Waals surface area contributed by atoms with Gasteiger partial charge in [0.25, 0.3) is 5.91 Å². The molecule has 28 heavy (non-hydrogen) atoms. The summed E-state index contributed by atoms with van der Waals surface area (Å²) >= 11 is 0. The molecule has 1 aliphatic heterocycles. The highest BCUT2D eigenvalue weighted by molar-refractivity contribution is 6.05. The summed E-state index contributed by atoms with van der Waals surface area (Å²) in [6.07, 6.45) is 5.90. The fourth-order valence-electron chi connectivity index (χ4n) is 3.60. The summed E-state index contributed by atoms with van der Waals surface area (Å²) in [6.45, 7) is 4.34. The van der Waals surface area contributed by atoms with Crippen LogP contribution in [0.2, 0.25) is 0 Å². The molecule has 2 fully saturated rings. The van der Waals surface area contributed by atoms with Gasteiger partial charge in [0.05, 0.1) is 18.7 Å². The van der Waals surface area contributed by atoms with E-state index in [0.717, 1.165) is 67.7 Å². The van der Waals surface area contributed by atoms with Gasteiger partial charge in [-0.25, -0.2) is 0 Å². The van der Waals surface area contributed by atoms with Gasteiger partial charge in [0.2, 0.25) is 0 Å². The maximum absolute atomic E-state index is 12.5. The monoisotopic (exact) mass is 377 g/mol. The zero-order valence-corrected chi connectivity index (χ0v) is 15.6. The molecule has 1 saturated carbocycles. The van der Waals surface area contributed by atoms with E-state index in [4.69, 9.17) is 4.74 Å². The summed E-state index contributed by atoms with van der Waals surface area (Å²) in [5, 5.41) is 11.1. The normalized spacial score (nSPS) is 17.7. The van der Waals surface area contributed by atoms with Crippen molar-refractivity contribution in [1.29, 1.82) is 0 Å². The van der Waals surface area contributed by atoms with Crippen molar-refractivity contribution < 1.29 is 9.53 Å². The molecule has 0 unspecified atom stereocenters. The van der Waals surface area contributed by atoms with Crippen LogP contribution in [0.25, 0.3) is 22.0 Å². The van der Waals surface area contributed by atoms with Gasteiger partial charge in [0, 0.05) is 49.0 Å². The van der Waals surface area contributed by atoms with E-state index in [1.165, 1.54) is 5.56 Å². The standard InChI is InChI=1S/C21H23N5O2/c27-21(23-17-2-3-17)20-18-10-15(1-4-19(18)24-25-20)16-9-14(11-22-12-16)13-26-5-7-28-8-6-26/h1,4,9-12,17H,2-3,5-8,13H2,(H,23,27)(H,24,25). The molecule has 3 heterocycles. The Balaban J connectivity index is 1.42. The fourth-order valence-corrected chi connectivity index (χ4v) is 3.60. The number of fused-ring (bicyclic) bond motifs is 1. The Labute approximate surface area is 163 Å². The molecular formula is C21H23N5O2. The predicted octanol–water partition coefficient (Wildman–Crippen LogP) is 2.35. The second kappa shape index (κ2) is 7.33. The third-order valence-corrected chi connectivity index (χ3v) is 5.33. The third kappa shape index (κ3) is 3.63. The Hall–Kier alpha value is -2.77. The molecular weight excluding hydrogens is 354 g/mol. The second-order valence-corrected chi connectivity index (χ2v) is 7.55. The number of hydrogen-bond donors (Lipinski definition) is 2. The van der Waals surface area contributed by atoms with Crippen molar-refractivity contribution in [2.45, 2.75) is 25.4 Å². The molecule has 3 aromatic rings. The highest BCUT2D eigenvalue weighted by Crippen LogP contribution is 2.27. The number of rotatable bonds is 5. The number of H-pyrrole nitrogens is 1. The molecule has 5 rings (SSSR count). The van der Waals surface area contributed by atoms with Gasteiger partial charge in [-0.3, -0.25) is 19.8 Å². The summed E-state index contributed by atoms with van der Waals surface area (Å²) in [5.74, 6) is -0.106. The van der Waals surface area contributed by atoms with E-state index < -0.39 is 0 Å². The van der Waals surface area contributed by atoms with Gasteiger partial charge in [0.1, 0.15) is 0 Å². The zero-order chi connectivity index (χ0) is 18.9. The van der Waals surface area contributed by atoms with Crippen molar-refractivity contribution in [2.24, 2.45) is 0 Å². The molecule has 1 saturated heterocycles. The average Bonchev–Trinajstić information content (AvgIpc) is 3.44. The molecule has 7 nitrogen and oxygen atoms in total. The molecule has 2 aliphatic rings. The van der Waals surface area contributed by atoms with Gasteiger partial charge in [0.15, 0.2) is 5.69 Å². The number of aromatic nitrogens is 3. The van der Waals surface area contributed by atoms with Crippen molar-refractivity contribution in [3.05, 3.63) is 47.9 Å². The van der Waals surface area contributed by atoms with E-state index in [0.29, 0.717) is 11.7 Å². The van der Waals surface area contributed by atoms with Gasteiger partial charge in [-0.2, -0.15) is 5.10 Å². The number of hydrogen-bond acceptors (Lipinski definition) is 5. The fraction of sp³-hybridized carbons (Fsp3) is 0.381. The number of carbonyl (C=O) groups is 1. The average molecular weight is 377 g/mol. The van der Waals surface area contributed by atoms with E-state index in [9.17, 15) is 4.79 Å². The van der Waals surface area contributed by atoms with Crippen LogP contribution >= 0.6 is 0 Å². The van der Waals surface area contributed by atoms with Gasteiger partial charge in [-0.15, -0.1) is 0 Å². The number of carbonyl (C=O) groups excluding carboxylic acids is 1. The van der Waals surface area contributed by atoms with Crippen LogP contribution in [-0.4, -0.2) is 58.3 Å². The number of aromatic amines is 1. The maximum Gasteiger partial charge on any atom is 0.272 e. The Morgan fingerprint density at radius 3 is 2.86 bits per heavy atom. The highest BCUT2D eigenvalue weighted by atomic mass is 16.5. The molecule has 0 radical (unpaired) electrons. The molecule has 7 heteroatoms. The van der Waals surface area contributed by atoms with Crippen LogP contribution in [0.4, 0.5) is 0 Å². The summed E-state index contributed by atoms with van der Waals surface area (Å²) in [6, 6.07) is 8.52. The van der Waals surface area contributed by atoms with Crippen molar-refractivity contribution >= 4 is 16.8 Å². The molecule has 0 spiro atoms. The minimum absolute atomic E-state index is 0.106. The lowest BCUT2D eigenvalue weighted by Crippen LogP contribution is -2.35. The quantitative estimate of drug-likeness (QED) is 0.713. The SMILES string of the molecule is O=C(NC1CC1)c1n[nH]c2ccc(-c3cncc(CN4CCOCC4)c3)cc12. The van der Waals surface area contributed by atoms with Crippen LogP contribution in [0, 0.1) is 0 Å². The first-order valence-electron chi connectivity index (χ1n) is 9.80. The largest absolute Gasteiger partial charge is 0.379 e. The maximum atomic E-state index is 12.5. The number of pyridine rings is 1. The van der Waals surface area contributed by atoms with Crippen LogP contribution in [0.5, 0.6) is 0 Å². The Morgan fingerprint density at radius 1 is 1.18 bits per heavy atom. The van der Waals surface area contributed by atoms with Crippen LogP contribution in [0.1, 0.15) is 28.9 Å². The van der Waals surface area contributed by atoms with E-state index in [1.54, 1.807) is 0 Å². The van der Waals surface area contributed by atoms with E-state index >= 15 is 0 Å². The zero-order valence-electron chi connectivity index (χ0n) is 15.6. The molecule has 0 bridgehead atoms. The molecule has 1 amide bonds. The first kappa shape index (κ1) is 17.3. The van der Waals surface area contributed by atoms with Crippen LogP contribution in [-0.2, 0) is 11.3 Å². The summed E-state index contributed by atoms with van der Waals surface area (Å²) in [4.78, 5) is 19.3. The number of benzene rings is 1. The lowest BCUT2D eigenvalue weighted by molar-refractivity contribution is 0.0341. The predicted molar refractivity (Wildman–Crippen MR) is 106 cm³/mol. The number of ether oxygens (including phenoxy) is 1. The second-order valence-electron chi connectivity index (χ2n) is 7.55. The Bertz CT molecular complexity index is 1000. The van der Waals surface area contributed by atoms with Crippen LogP contribution in [0.3, 0.4) is 0 Å². The molecule has 2 N–H and O–H groups in total. The summed E-state index contributed by atoms with van der Waals surface area (Å²) in [5.41, 5.74) is 4.58. The summed E-state index contributed by atoms with van der Waals surface area (Å²) in [7, 11) is 0. The first-order valence-corrected chi connectivity index (χ1v) is 9.80. The van der Waals surface area contributed by atoms with Crippen molar-refractivity contribution in [3.8, 4) is 11.1 Å². The van der Waals surface area contributed by atoms with Crippen LogP contribution < -0.4 is 5.32 Å². The number of nitrogens with zero attached hydrogens (tertiary/aromatic N) is 3. The number of morpholine rings is 1. The minimum atomic E-state index is -0.106. The minimum Gasteiger partial charge on any atom is -0.379 e. The van der Waals surface area contributed by atoms with E-state index in [2.05, 4.69) is 31.5 Å². The van der Waals surface area contributed by atoms with Gasteiger partial charge in [-0.1, -0.05) is 6.07 Å². The van der Waals surface area contributed by atoms with Crippen molar-refractivity contribution in [2.75, 3.05) is 26.3 Å². The van der Waals surface area contributed by atoms with Crippen LogP contribution in [0.15, 0.2) is 36.7 Å². The van der Waals surface area contributed by atoms with Gasteiger partial charge < -0.3 is 10.1 Å². The lowest BCUT2D eigenvalue weighted by Gasteiger charge is -2.26. The number of nitrogens with one attached hydrogen (secondary N) is 2. The molecule has 144 valence electrons. The number of amides is 1. The first-order chi connectivity index (χ1) is 13.8. The van der Waals surface area contributed by atoms with Crippen molar-refractivity contribution in [3.63, 3.8) is 0 Å². The summed E-state index contributed by atoms with van der Waals surface area (Å²) < 4.78 is 5.42. The highest BCUT2D eigenvalue weighted by Gasteiger charge is 2.25. The third-order valence-electron chi connectivity index (χ3n) is 5.33. The smallest absolute Gasteiger partial charge is 0.272 e. The molecule has 2 aromatic heterocycles.